The first-order valence-corrected chi connectivity index (χ1v) is 8.91. The van der Waals surface area contributed by atoms with Crippen LogP contribution in [0.5, 0.6) is 0 Å². The van der Waals surface area contributed by atoms with E-state index in [1.54, 1.807) is 11.8 Å². The Balaban J connectivity index is 2.43. The standard InChI is InChI=1S/C11H20N2O2S2/c1-13-11(9-12)5-3-4-10(8-11)16-6-7-17(2,14)15/h10,13H,3-8H2,1-2H3. The molecule has 0 spiro atoms. The van der Waals surface area contributed by atoms with E-state index >= 15 is 0 Å². The lowest BCUT2D eigenvalue weighted by atomic mass is 9.83. The van der Waals surface area contributed by atoms with Crippen LogP contribution in [0.25, 0.3) is 0 Å². The van der Waals surface area contributed by atoms with Gasteiger partial charge in [-0.3, -0.25) is 0 Å². The molecule has 0 amide bonds. The lowest BCUT2D eigenvalue weighted by Gasteiger charge is -2.35. The Kier molecular flexibility index (Phi) is 5.29. The topological polar surface area (TPSA) is 70.0 Å². The minimum Gasteiger partial charge on any atom is -0.302 e. The van der Waals surface area contributed by atoms with Gasteiger partial charge < -0.3 is 5.32 Å². The first-order chi connectivity index (χ1) is 7.91. The highest BCUT2D eigenvalue weighted by molar-refractivity contribution is 8.01. The summed E-state index contributed by atoms with van der Waals surface area (Å²) in [5.74, 6) is 0.863. The molecule has 1 N–H and O–H groups in total. The molecule has 0 heterocycles. The molecule has 0 aromatic heterocycles. The molecular weight excluding hydrogens is 256 g/mol. The SMILES string of the molecule is CNC1(C#N)CCCC(SCCS(C)(=O)=O)C1. The van der Waals surface area contributed by atoms with Gasteiger partial charge >= 0.3 is 0 Å². The fourth-order valence-corrected chi connectivity index (χ4v) is 4.78. The summed E-state index contributed by atoms with van der Waals surface area (Å²) in [4.78, 5) is 0. The second-order valence-corrected chi connectivity index (χ2v) is 8.33. The van der Waals surface area contributed by atoms with Gasteiger partial charge in [0.2, 0.25) is 0 Å². The number of nitrogens with zero attached hydrogens (tertiary/aromatic N) is 1. The fraction of sp³-hybridized carbons (Fsp3) is 0.909. The Hall–Kier alpha value is -0.250. The maximum atomic E-state index is 11.0. The van der Waals surface area contributed by atoms with Gasteiger partial charge in [-0.2, -0.15) is 17.0 Å². The molecule has 0 radical (unpaired) electrons. The van der Waals surface area contributed by atoms with Crippen molar-refractivity contribution in [2.75, 3.05) is 24.8 Å². The Labute approximate surface area is 108 Å². The first-order valence-electron chi connectivity index (χ1n) is 5.80. The molecule has 2 unspecified atom stereocenters. The van der Waals surface area contributed by atoms with Crippen LogP contribution in [0, 0.1) is 11.3 Å². The van der Waals surface area contributed by atoms with Crippen LogP contribution < -0.4 is 5.32 Å². The second kappa shape index (κ2) is 6.07. The van der Waals surface area contributed by atoms with Crippen LogP contribution in [0.1, 0.15) is 25.7 Å². The highest BCUT2D eigenvalue weighted by Crippen LogP contribution is 2.34. The number of nitriles is 1. The van der Waals surface area contributed by atoms with Crippen LogP contribution in [-0.4, -0.2) is 44.0 Å². The number of rotatable bonds is 5. The number of hydrogen-bond donors (Lipinski definition) is 1. The molecule has 0 aromatic carbocycles. The number of thioether (sulfide) groups is 1. The van der Waals surface area contributed by atoms with Gasteiger partial charge in [-0.25, -0.2) is 8.42 Å². The maximum Gasteiger partial charge on any atom is 0.148 e. The molecular formula is C11H20N2O2S2. The summed E-state index contributed by atoms with van der Waals surface area (Å²) in [7, 11) is -1.04. The van der Waals surface area contributed by atoms with E-state index in [0.717, 1.165) is 25.7 Å². The van der Waals surface area contributed by atoms with Gasteiger partial charge in [0.05, 0.1) is 11.8 Å². The van der Waals surface area contributed by atoms with Crippen molar-refractivity contribution in [1.29, 1.82) is 5.26 Å². The number of hydrogen-bond acceptors (Lipinski definition) is 5. The molecule has 4 nitrogen and oxygen atoms in total. The van der Waals surface area contributed by atoms with Crippen molar-refractivity contribution >= 4 is 21.6 Å². The van der Waals surface area contributed by atoms with Crippen molar-refractivity contribution in [3.05, 3.63) is 0 Å². The minimum atomic E-state index is -2.87. The van der Waals surface area contributed by atoms with E-state index in [1.807, 2.05) is 7.05 Å². The lowest BCUT2D eigenvalue weighted by Crippen LogP contribution is -2.46. The zero-order valence-electron chi connectivity index (χ0n) is 10.4. The molecule has 1 aliphatic rings. The van der Waals surface area contributed by atoms with E-state index in [-0.39, 0.29) is 5.75 Å². The summed E-state index contributed by atoms with van der Waals surface area (Å²) in [6.07, 6.45) is 5.09. The Bertz CT molecular complexity index is 389. The van der Waals surface area contributed by atoms with Crippen molar-refractivity contribution in [3.63, 3.8) is 0 Å². The van der Waals surface area contributed by atoms with Crippen molar-refractivity contribution in [2.45, 2.75) is 36.5 Å². The van der Waals surface area contributed by atoms with Gasteiger partial charge in [0, 0.05) is 17.3 Å². The third kappa shape index (κ3) is 4.86. The Morgan fingerprint density at radius 3 is 2.82 bits per heavy atom. The molecule has 0 saturated heterocycles. The van der Waals surface area contributed by atoms with Crippen molar-refractivity contribution in [1.82, 2.24) is 5.32 Å². The molecule has 6 heteroatoms. The highest BCUT2D eigenvalue weighted by Gasteiger charge is 2.35. The van der Waals surface area contributed by atoms with E-state index < -0.39 is 15.4 Å². The van der Waals surface area contributed by atoms with Gasteiger partial charge in [0.25, 0.3) is 0 Å². The van der Waals surface area contributed by atoms with Gasteiger partial charge in [0.1, 0.15) is 15.4 Å². The largest absolute Gasteiger partial charge is 0.302 e. The minimum absolute atomic E-state index is 0.229. The van der Waals surface area contributed by atoms with E-state index in [2.05, 4.69) is 11.4 Å². The van der Waals surface area contributed by atoms with Crippen LogP contribution in [0.2, 0.25) is 0 Å². The smallest absolute Gasteiger partial charge is 0.148 e. The van der Waals surface area contributed by atoms with E-state index in [4.69, 9.17) is 0 Å². The molecule has 1 fully saturated rings. The first kappa shape index (κ1) is 14.8. The summed E-state index contributed by atoms with van der Waals surface area (Å²) >= 11 is 1.69. The van der Waals surface area contributed by atoms with Gasteiger partial charge in [-0.1, -0.05) is 0 Å². The van der Waals surface area contributed by atoms with E-state index in [1.165, 1.54) is 6.26 Å². The molecule has 0 aromatic rings. The number of sulfone groups is 1. The summed E-state index contributed by atoms with van der Waals surface area (Å²) < 4.78 is 22.1. The van der Waals surface area contributed by atoms with Crippen LogP contribution in [-0.2, 0) is 9.84 Å². The third-order valence-electron chi connectivity index (χ3n) is 3.21. The normalized spacial score (nSPS) is 29.8. The molecule has 0 aliphatic heterocycles. The van der Waals surface area contributed by atoms with Gasteiger partial charge in [-0.05, 0) is 32.7 Å². The van der Waals surface area contributed by atoms with E-state index in [0.29, 0.717) is 11.0 Å². The van der Waals surface area contributed by atoms with E-state index in [9.17, 15) is 13.7 Å². The van der Waals surface area contributed by atoms with Crippen LogP contribution in [0.4, 0.5) is 0 Å². The summed E-state index contributed by atoms with van der Waals surface area (Å²) in [5, 5.41) is 12.7. The zero-order valence-corrected chi connectivity index (χ0v) is 12.0. The quantitative estimate of drug-likeness (QED) is 0.817. The second-order valence-electron chi connectivity index (χ2n) is 4.66. The molecule has 1 saturated carbocycles. The van der Waals surface area contributed by atoms with Crippen molar-refractivity contribution < 1.29 is 8.42 Å². The Morgan fingerprint density at radius 2 is 2.29 bits per heavy atom. The monoisotopic (exact) mass is 276 g/mol. The average molecular weight is 276 g/mol. The van der Waals surface area contributed by atoms with Crippen LogP contribution in [0.15, 0.2) is 0 Å². The van der Waals surface area contributed by atoms with Crippen molar-refractivity contribution in [3.8, 4) is 6.07 Å². The third-order valence-corrected chi connectivity index (χ3v) is 5.72. The van der Waals surface area contributed by atoms with Crippen LogP contribution in [0.3, 0.4) is 0 Å². The number of nitrogens with one attached hydrogen (secondary N) is 1. The molecule has 1 aliphatic carbocycles. The summed E-state index contributed by atoms with van der Waals surface area (Å²) in [5.41, 5.74) is -0.402. The fourth-order valence-electron chi connectivity index (χ4n) is 2.12. The zero-order chi connectivity index (χ0) is 12.9. The molecule has 1 rings (SSSR count). The maximum absolute atomic E-state index is 11.0. The lowest BCUT2D eigenvalue weighted by molar-refractivity contribution is 0.323. The highest BCUT2D eigenvalue weighted by atomic mass is 32.2. The predicted molar refractivity (Wildman–Crippen MR) is 71.8 cm³/mol. The van der Waals surface area contributed by atoms with Gasteiger partial charge in [0.15, 0.2) is 0 Å². The van der Waals surface area contributed by atoms with Gasteiger partial charge in [-0.15, -0.1) is 0 Å². The Morgan fingerprint density at radius 1 is 1.59 bits per heavy atom. The summed E-state index contributed by atoms with van der Waals surface area (Å²) in [6.45, 7) is 0. The molecule has 0 bridgehead atoms. The average Bonchev–Trinajstić information content (AvgIpc) is 2.27. The predicted octanol–water partition coefficient (Wildman–Crippen LogP) is 1.19. The molecule has 17 heavy (non-hydrogen) atoms. The molecule has 2 atom stereocenters. The summed E-state index contributed by atoms with van der Waals surface area (Å²) in [6, 6.07) is 2.36. The van der Waals surface area contributed by atoms with Crippen LogP contribution >= 0.6 is 11.8 Å². The van der Waals surface area contributed by atoms with Crippen molar-refractivity contribution in [2.24, 2.45) is 0 Å². The molecule has 98 valence electrons.